The molecule has 1 amide bonds. The summed E-state index contributed by atoms with van der Waals surface area (Å²) in [7, 11) is 0. The van der Waals surface area contributed by atoms with E-state index in [1.165, 1.54) is 19.3 Å². The van der Waals surface area contributed by atoms with Gasteiger partial charge in [-0.15, -0.1) is 0 Å². The maximum atomic E-state index is 11.8. The lowest BCUT2D eigenvalue weighted by Crippen LogP contribution is -2.48. The van der Waals surface area contributed by atoms with Gasteiger partial charge in [0, 0.05) is 6.04 Å². The van der Waals surface area contributed by atoms with Crippen molar-refractivity contribution >= 4 is 5.91 Å². The molecule has 0 saturated heterocycles. The molecule has 0 aliphatic heterocycles. The number of hydrogen-bond donors (Lipinski definition) is 1. The van der Waals surface area contributed by atoms with Crippen LogP contribution in [0.15, 0.2) is 0 Å². The molecular formula is C14H27NO2. The van der Waals surface area contributed by atoms with Gasteiger partial charge in [-0.25, -0.2) is 0 Å². The van der Waals surface area contributed by atoms with Crippen molar-refractivity contribution < 1.29 is 9.53 Å². The fourth-order valence-corrected chi connectivity index (χ4v) is 2.28. The second-order valence-corrected chi connectivity index (χ2v) is 6.76. The van der Waals surface area contributed by atoms with Gasteiger partial charge in [-0.1, -0.05) is 26.7 Å². The van der Waals surface area contributed by atoms with Crippen molar-refractivity contribution in [3.63, 3.8) is 0 Å². The summed E-state index contributed by atoms with van der Waals surface area (Å²) < 4.78 is 5.49. The third-order valence-electron chi connectivity index (χ3n) is 3.48. The fourth-order valence-electron chi connectivity index (χ4n) is 2.28. The van der Waals surface area contributed by atoms with Gasteiger partial charge in [-0.3, -0.25) is 4.79 Å². The molecule has 0 bridgehead atoms. The van der Waals surface area contributed by atoms with E-state index in [1.807, 2.05) is 20.8 Å². The summed E-state index contributed by atoms with van der Waals surface area (Å²) in [6.45, 7) is 10.5. The first-order chi connectivity index (χ1) is 7.71. The van der Waals surface area contributed by atoms with Gasteiger partial charge < -0.3 is 10.1 Å². The van der Waals surface area contributed by atoms with Gasteiger partial charge in [0.2, 0.25) is 5.91 Å². The maximum absolute atomic E-state index is 11.8. The van der Waals surface area contributed by atoms with E-state index in [-0.39, 0.29) is 23.5 Å². The molecule has 3 nitrogen and oxygen atoms in total. The van der Waals surface area contributed by atoms with Crippen LogP contribution in [0.1, 0.15) is 60.3 Å². The maximum Gasteiger partial charge on any atom is 0.246 e. The van der Waals surface area contributed by atoms with Crippen LogP contribution in [0.3, 0.4) is 0 Å². The van der Waals surface area contributed by atoms with Crippen molar-refractivity contribution in [3.8, 4) is 0 Å². The van der Waals surface area contributed by atoms with E-state index in [9.17, 15) is 4.79 Å². The summed E-state index contributed by atoms with van der Waals surface area (Å²) in [4.78, 5) is 11.8. The van der Waals surface area contributed by atoms with Gasteiger partial charge in [-0.05, 0) is 39.0 Å². The molecule has 1 saturated carbocycles. The minimum absolute atomic E-state index is 0.0138. The molecule has 0 aromatic heterocycles. The van der Waals surface area contributed by atoms with E-state index >= 15 is 0 Å². The van der Waals surface area contributed by atoms with Crippen molar-refractivity contribution in [2.24, 2.45) is 5.41 Å². The molecule has 100 valence electrons. The van der Waals surface area contributed by atoms with Crippen molar-refractivity contribution in [2.75, 3.05) is 6.61 Å². The second-order valence-electron chi connectivity index (χ2n) is 6.76. The number of carbonyl (C=O) groups excluding carboxylic acids is 1. The zero-order valence-corrected chi connectivity index (χ0v) is 11.9. The van der Waals surface area contributed by atoms with Gasteiger partial charge >= 0.3 is 0 Å². The van der Waals surface area contributed by atoms with Crippen molar-refractivity contribution in [1.82, 2.24) is 5.32 Å². The Bertz CT molecular complexity index is 266. The SMILES string of the molecule is CC(C)(C)OCC(=O)NC1CCCCC1(C)C. The highest BCUT2D eigenvalue weighted by Gasteiger charge is 2.33. The predicted molar refractivity (Wildman–Crippen MR) is 69.9 cm³/mol. The molecule has 3 heteroatoms. The van der Waals surface area contributed by atoms with Crippen LogP contribution in [-0.2, 0) is 9.53 Å². The first-order valence-corrected chi connectivity index (χ1v) is 6.64. The van der Waals surface area contributed by atoms with Crippen molar-refractivity contribution in [3.05, 3.63) is 0 Å². The van der Waals surface area contributed by atoms with Crippen LogP contribution in [-0.4, -0.2) is 24.2 Å². The number of hydrogen-bond acceptors (Lipinski definition) is 2. The highest BCUT2D eigenvalue weighted by atomic mass is 16.5. The van der Waals surface area contributed by atoms with E-state index in [4.69, 9.17) is 4.74 Å². The van der Waals surface area contributed by atoms with E-state index in [2.05, 4.69) is 19.2 Å². The fraction of sp³-hybridized carbons (Fsp3) is 0.929. The third kappa shape index (κ3) is 5.07. The largest absolute Gasteiger partial charge is 0.366 e. The third-order valence-corrected chi connectivity index (χ3v) is 3.48. The molecule has 0 spiro atoms. The topological polar surface area (TPSA) is 38.3 Å². The Morgan fingerprint density at radius 1 is 1.35 bits per heavy atom. The van der Waals surface area contributed by atoms with Crippen LogP contribution in [0.25, 0.3) is 0 Å². The van der Waals surface area contributed by atoms with Crippen LogP contribution in [0.5, 0.6) is 0 Å². The first-order valence-electron chi connectivity index (χ1n) is 6.64. The van der Waals surface area contributed by atoms with Gasteiger partial charge in [0.05, 0.1) is 5.60 Å². The molecule has 0 aromatic carbocycles. The number of nitrogens with one attached hydrogen (secondary N) is 1. The Hall–Kier alpha value is -0.570. The first kappa shape index (κ1) is 14.5. The minimum Gasteiger partial charge on any atom is -0.366 e. The Morgan fingerprint density at radius 3 is 2.53 bits per heavy atom. The number of carbonyl (C=O) groups is 1. The Morgan fingerprint density at radius 2 is 2.00 bits per heavy atom. The molecule has 0 radical (unpaired) electrons. The average Bonchev–Trinajstić information content (AvgIpc) is 2.17. The molecular weight excluding hydrogens is 214 g/mol. The summed E-state index contributed by atoms with van der Waals surface area (Å²) >= 11 is 0. The number of ether oxygens (including phenoxy) is 1. The molecule has 1 atom stereocenters. The van der Waals surface area contributed by atoms with E-state index in [0.717, 1.165) is 6.42 Å². The summed E-state index contributed by atoms with van der Waals surface area (Å²) in [5.74, 6) is 0.0138. The summed E-state index contributed by atoms with van der Waals surface area (Å²) in [5, 5.41) is 3.12. The van der Waals surface area contributed by atoms with Crippen molar-refractivity contribution in [2.45, 2.75) is 71.9 Å². The van der Waals surface area contributed by atoms with Crippen LogP contribution in [0, 0.1) is 5.41 Å². The standard InChI is InChI=1S/C14H27NO2/c1-13(2,3)17-10-12(16)15-11-8-6-7-9-14(11,4)5/h11H,6-10H2,1-5H3,(H,15,16). The molecule has 17 heavy (non-hydrogen) atoms. The van der Waals surface area contributed by atoms with Gasteiger partial charge in [-0.2, -0.15) is 0 Å². The molecule has 1 rings (SSSR count). The van der Waals surface area contributed by atoms with E-state index in [0.29, 0.717) is 6.04 Å². The van der Waals surface area contributed by atoms with E-state index < -0.39 is 0 Å². The predicted octanol–water partition coefficient (Wildman–Crippen LogP) is 2.89. The van der Waals surface area contributed by atoms with Crippen LogP contribution < -0.4 is 5.32 Å². The monoisotopic (exact) mass is 241 g/mol. The van der Waals surface area contributed by atoms with Crippen LogP contribution in [0.2, 0.25) is 0 Å². The Kier molecular flexibility index (Phi) is 4.59. The molecule has 1 aliphatic carbocycles. The lowest BCUT2D eigenvalue weighted by atomic mass is 9.73. The second kappa shape index (κ2) is 5.38. The quantitative estimate of drug-likeness (QED) is 0.825. The lowest BCUT2D eigenvalue weighted by Gasteiger charge is -2.39. The Balaban J connectivity index is 2.40. The molecule has 1 unspecified atom stereocenters. The van der Waals surface area contributed by atoms with Gasteiger partial charge in [0.25, 0.3) is 0 Å². The molecule has 0 aromatic rings. The zero-order chi connectivity index (χ0) is 13.1. The minimum atomic E-state index is -0.251. The molecule has 0 heterocycles. The number of rotatable bonds is 3. The normalized spacial score (nSPS) is 24.4. The van der Waals surface area contributed by atoms with Gasteiger partial charge in [0.1, 0.15) is 6.61 Å². The van der Waals surface area contributed by atoms with Crippen LogP contribution >= 0.6 is 0 Å². The highest BCUT2D eigenvalue weighted by molar-refractivity contribution is 5.77. The Labute approximate surface area is 105 Å². The summed E-state index contributed by atoms with van der Waals surface area (Å²) in [5.41, 5.74) is -0.0327. The number of amides is 1. The molecule has 1 fully saturated rings. The highest BCUT2D eigenvalue weighted by Crippen LogP contribution is 2.35. The van der Waals surface area contributed by atoms with Crippen molar-refractivity contribution in [1.29, 1.82) is 0 Å². The summed E-state index contributed by atoms with van der Waals surface area (Å²) in [6, 6.07) is 0.298. The average molecular weight is 241 g/mol. The molecule has 1 aliphatic rings. The van der Waals surface area contributed by atoms with E-state index in [1.54, 1.807) is 0 Å². The zero-order valence-electron chi connectivity index (χ0n) is 11.9. The van der Waals surface area contributed by atoms with Gasteiger partial charge in [0.15, 0.2) is 0 Å². The summed E-state index contributed by atoms with van der Waals surface area (Å²) in [6.07, 6.45) is 4.78. The van der Waals surface area contributed by atoms with Crippen LogP contribution in [0.4, 0.5) is 0 Å². The lowest BCUT2D eigenvalue weighted by molar-refractivity contribution is -0.132. The smallest absolute Gasteiger partial charge is 0.246 e. The molecule has 1 N–H and O–H groups in total.